The number of sulfonamides is 1. The highest BCUT2D eigenvalue weighted by Gasteiger charge is 2.47. The van der Waals surface area contributed by atoms with Crippen LogP contribution in [0.2, 0.25) is 5.02 Å². The normalized spacial score (nSPS) is 18.8. The fraction of sp³-hybridized carbons (Fsp3) is 0.478. The predicted molar refractivity (Wildman–Crippen MR) is 139 cm³/mol. The average Bonchev–Trinajstić information content (AvgIpc) is 2.72. The molecule has 1 aliphatic heterocycles. The summed E-state index contributed by atoms with van der Waals surface area (Å²) >= 11 is 6.14. The van der Waals surface area contributed by atoms with E-state index in [1.54, 1.807) is 0 Å². The molecule has 0 radical (unpaired) electrons. The molecule has 6 nitrogen and oxygen atoms in total. The lowest BCUT2D eigenvalue weighted by Gasteiger charge is -2.50. The Hall–Kier alpha value is -1.06. The van der Waals surface area contributed by atoms with Crippen LogP contribution in [0.1, 0.15) is 42.0 Å². The highest BCUT2D eigenvalue weighted by Crippen LogP contribution is 2.53. The second-order valence-corrected chi connectivity index (χ2v) is 10.7. The molecule has 0 amide bonds. The smallest absolute Gasteiger partial charge is 0.212 e. The van der Waals surface area contributed by atoms with Gasteiger partial charge in [-0.2, -0.15) is 0 Å². The van der Waals surface area contributed by atoms with E-state index in [0.717, 1.165) is 36.6 Å². The third-order valence-corrected chi connectivity index (χ3v) is 8.14. The predicted octanol–water partition coefficient (Wildman–Crippen LogP) is 3.75. The van der Waals surface area contributed by atoms with Crippen LogP contribution in [0.4, 0.5) is 0 Å². The number of hydrogen-bond acceptors (Lipinski definition) is 5. The summed E-state index contributed by atoms with van der Waals surface area (Å²) in [5.41, 5.74) is 9.35. The molecule has 0 spiro atoms. The van der Waals surface area contributed by atoms with Crippen molar-refractivity contribution in [1.29, 1.82) is 0 Å². The topological polar surface area (TPSA) is 93.5 Å². The van der Waals surface area contributed by atoms with Crippen molar-refractivity contribution >= 4 is 46.4 Å². The number of nitrogens with two attached hydrogens (primary N) is 1. The van der Waals surface area contributed by atoms with Crippen molar-refractivity contribution in [3.63, 3.8) is 0 Å². The van der Waals surface area contributed by atoms with E-state index in [4.69, 9.17) is 22.1 Å². The average molecular weight is 537 g/mol. The van der Waals surface area contributed by atoms with Crippen molar-refractivity contribution < 1.29 is 13.2 Å². The van der Waals surface area contributed by atoms with E-state index >= 15 is 0 Å². The highest BCUT2D eigenvalue weighted by atomic mass is 35.5. The monoisotopic (exact) mass is 535 g/mol. The van der Waals surface area contributed by atoms with E-state index in [-0.39, 0.29) is 61.7 Å². The molecule has 1 atom stereocenters. The minimum atomic E-state index is -3.33. The molecule has 184 valence electrons. The number of ether oxygens (including phenoxy) is 1. The van der Waals surface area contributed by atoms with Gasteiger partial charge in [-0.15, -0.1) is 24.8 Å². The molecule has 0 bridgehead atoms. The van der Waals surface area contributed by atoms with Crippen LogP contribution in [0.5, 0.6) is 5.75 Å². The zero-order valence-corrected chi connectivity index (χ0v) is 21.6. The van der Waals surface area contributed by atoms with Crippen molar-refractivity contribution in [2.75, 3.05) is 32.0 Å². The summed E-state index contributed by atoms with van der Waals surface area (Å²) in [6.45, 7) is 1.54. The summed E-state index contributed by atoms with van der Waals surface area (Å²) in [5.74, 6) is 0.683. The van der Waals surface area contributed by atoms with Crippen LogP contribution in [0, 0.1) is 0 Å². The minimum absolute atomic E-state index is 0. The first-order valence-corrected chi connectivity index (χ1v) is 12.9. The van der Waals surface area contributed by atoms with Crippen LogP contribution >= 0.6 is 36.4 Å². The molecule has 2 aromatic rings. The summed E-state index contributed by atoms with van der Waals surface area (Å²) in [6.07, 6.45) is 4.48. The van der Waals surface area contributed by atoms with Crippen LogP contribution in [0.3, 0.4) is 0 Å². The van der Waals surface area contributed by atoms with Crippen molar-refractivity contribution in [3.05, 3.63) is 64.2 Å². The van der Waals surface area contributed by atoms with E-state index in [0.29, 0.717) is 0 Å². The summed E-state index contributed by atoms with van der Waals surface area (Å²) in [6, 6.07) is 14.7. The number of halogens is 3. The van der Waals surface area contributed by atoms with Crippen molar-refractivity contribution in [1.82, 2.24) is 10.0 Å². The Labute approximate surface area is 213 Å². The fourth-order valence-electron chi connectivity index (χ4n) is 4.79. The van der Waals surface area contributed by atoms with E-state index in [1.165, 1.54) is 23.1 Å². The fourth-order valence-corrected chi connectivity index (χ4v) is 5.77. The van der Waals surface area contributed by atoms with Gasteiger partial charge in [-0.05, 0) is 66.8 Å². The largest absolute Gasteiger partial charge is 0.492 e. The molecule has 2 aromatic carbocycles. The van der Waals surface area contributed by atoms with Crippen LogP contribution in [0.15, 0.2) is 42.5 Å². The van der Waals surface area contributed by atoms with Gasteiger partial charge < -0.3 is 15.8 Å². The van der Waals surface area contributed by atoms with Gasteiger partial charge in [-0.1, -0.05) is 36.2 Å². The number of hydrogen-bond donors (Lipinski definition) is 3. The molecule has 2 aliphatic rings. The molecular formula is C23H32Cl3N3O3S. The Bertz CT molecular complexity index is 1020. The van der Waals surface area contributed by atoms with Gasteiger partial charge in [-0.25, -0.2) is 13.1 Å². The highest BCUT2D eigenvalue weighted by molar-refractivity contribution is 7.89. The molecule has 1 fully saturated rings. The lowest BCUT2D eigenvalue weighted by molar-refractivity contribution is 0.164. The van der Waals surface area contributed by atoms with Crippen molar-refractivity contribution in [2.45, 2.75) is 37.1 Å². The summed E-state index contributed by atoms with van der Waals surface area (Å²) in [7, 11) is -3.33. The standard InChI is InChI=1S/C23H30ClN3O3S.2ClH/c24-19-5-3-18(4-6-19)23(9-1-10-23)22-21-16-20(7-2-17(21)8-12-26-22)30-14-13-27-31(28,29)15-11-25;;/h2-7,16,22,26-27H,1,8-15,25H2;2*1H. The van der Waals surface area contributed by atoms with Gasteiger partial charge in [0.1, 0.15) is 12.4 Å². The Morgan fingerprint density at radius 3 is 2.52 bits per heavy atom. The SMILES string of the molecule is Cl.Cl.NCCS(=O)(=O)NCCOc1ccc2c(c1)C(C1(c3ccc(Cl)cc3)CCC1)NCC2. The van der Waals surface area contributed by atoms with Gasteiger partial charge >= 0.3 is 0 Å². The minimum Gasteiger partial charge on any atom is -0.492 e. The summed E-state index contributed by atoms with van der Waals surface area (Å²) < 4.78 is 31.8. The van der Waals surface area contributed by atoms with Gasteiger partial charge in [0.25, 0.3) is 0 Å². The first-order valence-electron chi connectivity index (χ1n) is 10.9. The third kappa shape index (κ3) is 6.34. The zero-order valence-electron chi connectivity index (χ0n) is 18.4. The number of benzene rings is 2. The lowest BCUT2D eigenvalue weighted by Crippen LogP contribution is -2.49. The Morgan fingerprint density at radius 1 is 1.15 bits per heavy atom. The second kappa shape index (κ2) is 12.1. The van der Waals surface area contributed by atoms with Gasteiger partial charge in [-0.3, -0.25) is 0 Å². The molecule has 0 aromatic heterocycles. The molecule has 4 rings (SSSR count). The molecule has 1 saturated carbocycles. The Morgan fingerprint density at radius 2 is 1.88 bits per heavy atom. The van der Waals surface area contributed by atoms with E-state index in [1.807, 2.05) is 18.2 Å². The number of nitrogens with one attached hydrogen (secondary N) is 2. The first-order chi connectivity index (χ1) is 14.9. The first kappa shape index (κ1) is 28.2. The molecule has 10 heteroatoms. The van der Waals surface area contributed by atoms with Crippen LogP contribution in [-0.4, -0.2) is 40.4 Å². The molecule has 1 aliphatic carbocycles. The molecule has 33 heavy (non-hydrogen) atoms. The molecule has 1 unspecified atom stereocenters. The van der Waals surface area contributed by atoms with Crippen LogP contribution in [0.25, 0.3) is 0 Å². The summed E-state index contributed by atoms with van der Waals surface area (Å²) in [5, 5.41) is 4.52. The second-order valence-electron chi connectivity index (χ2n) is 8.36. The van der Waals surface area contributed by atoms with Crippen molar-refractivity contribution in [2.24, 2.45) is 5.73 Å². The maximum absolute atomic E-state index is 11.7. The van der Waals surface area contributed by atoms with E-state index < -0.39 is 10.0 Å². The van der Waals surface area contributed by atoms with Gasteiger partial charge in [0, 0.05) is 29.6 Å². The maximum Gasteiger partial charge on any atom is 0.212 e. The van der Waals surface area contributed by atoms with Gasteiger partial charge in [0.15, 0.2) is 0 Å². The van der Waals surface area contributed by atoms with Gasteiger partial charge in [0.05, 0.1) is 5.75 Å². The zero-order chi connectivity index (χ0) is 21.9. The quantitative estimate of drug-likeness (QED) is 0.425. The number of rotatable bonds is 9. The van der Waals surface area contributed by atoms with E-state index in [2.05, 4.69) is 34.3 Å². The van der Waals surface area contributed by atoms with E-state index in [9.17, 15) is 8.42 Å². The van der Waals surface area contributed by atoms with Gasteiger partial charge in [0.2, 0.25) is 10.0 Å². The maximum atomic E-state index is 11.7. The third-order valence-electron chi connectivity index (χ3n) is 6.47. The molecular weight excluding hydrogens is 505 g/mol. The Kier molecular flexibility index (Phi) is 10.3. The molecule has 0 saturated heterocycles. The lowest BCUT2D eigenvalue weighted by atomic mass is 9.58. The Balaban J connectivity index is 0.00000193. The van der Waals surface area contributed by atoms with Crippen molar-refractivity contribution in [3.8, 4) is 5.75 Å². The molecule has 4 N–H and O–H groups in total. The summed E-state index contributed by atoms with van der Waals surface area (Å²) in [4.78, 5) is 0. The molecule has 1 heterocycles. The van der Waals surface area contributed by atoms with Crippen LogP contribution < -0.4 is 20.5 Å². The van der Waals surface area contributed by atoms with Crippen LogP contribution in [-0.2, 0) is 21.9 Å². The number of fused-ring (bicyclic) bond motifs is 1.